The average molecular weight is 361 g/mol. The number of hydrogen-bond acceptors (Lipinski definition) is 4. The number of carbonyl (C=O) groups excluding carboxylic acids is 2. The standard InChI is InChI=1S/C21H31NO4/c1-4-6-7-8-12-15-19(20(5-2)26-17(3)23)22-21(24)25-16-18-13-10-9-11-14-18/h5,9-11,13-14,19-20H,2,4,6-8,12,15-16H2,1,3H3,(H,22,24)/t19-,20-/m1/s1. The van der Waals surface area contributed by atoms with Gasteiger partial charge < -0.3 is 14.8 Å². The molecule has 0 fully saturated rings. The Kier molecular flexibility index (Phi) is 10.9. The van der Waals surface area contributed by atoms with E-state index in [2.05, 4.69) is 18.8 Å². The van der Waals surface area contributed by atoms with E-state index in [1.165, 1.54) is 19.8 Å². The van der Waals surface area contributed by atoms with Crippen molar-refractivity contribution in [2.24, 2.45) is 0 Å². The molecule has 5 heteroatoms. The molecule has 1 N–H and O–H groups in total. The molecule has 0 saturated heterocycles. The summed E-state index contributed by atoms with van der Waals surface area (Å²) in [5.74, 6) is -0.398. The number of nitrogens with one attached hydrogen (secondary N) is 1. The zero-order chi connectivity index (χ0) is 19.2. The first-order valence-electron chi connectivity index (χ1n) is 9.33. The van der Waals surface area contributed by atoms with Crippen LogP contribution in [0.1, 0.15) is 57.9 Å². The zero-order valence-corrected chi connectivity index (χ0v) is 15.9. The van der Waals surface area contributed by atoms with E-state index in [1.54, 1.807) is 6.08 Å². The van der Waals surface area contributed by atoms with Crippen LogP contribution in [-0.4, -0.2) is 24.2 Å². The summed E-state index contributed by atoms with van der Waals surface area (Å²) in [7, 11) is 0. The van der Waals surface area contributed by atoms with Crippen LogP contribution in [0.3, 0.4) is 0 Å². The van der Waals surface area contributed by atoms with Gasteiger partial charge >= 0.3 is 12.1 Å². The normalized spacial score (nSPS) is 12.7. The highest BCUT2D eigenvalue weighted by Gasteiger charge is 2.23. The largest absolute Gasteiger partial charge is 0.456 e. The Bertz CT molecular complexity index is 544. The van der Waals surface area contributed by atoms with Crippen molar-refractivity contribution in [1.29, 1.82) is 0 Å². The highest BCUT2D eigenvalue weighted by Crippen LogP contribution is 2.13. The molecule has 1 aromatic carbocycles. The van der Waals surface area contributed by atoms with E-state index in [9.17, 15) is 9.59 Å². The summed E-state index contributed by atoms with van der Waals surface area (Å²) >= 11 is 0. The average Bonchev–Trinajstić information content (AvgIpc) is 2.64. The molecule has 5 nitrogen and oxygen atoms in total. The van der Waals surface area contributed by atoms with E-state index >= 15 is 0 Å². The number of ether oxygens (including phenoxy) is 2. The summed E-state index contributed by atoms with van der Waals surface area (Å²) in [6.45, 7) is 7.44. The summed E-state index contributed by atoms with van der Waals surface area (Å²) < 4.78 is 10.6. The molecule has 26 heavy (non-hydrogen) atoms. The van der Waals surface area contributed by atoms with E-state index in [0.717, 1.165) is 24.8 Å². The predicted octanol–water partition coefficient (Wildman–Crippen LogP) is 4.76. The van der Waals surface area contributed by atoms with E-state index in [4.69, 9.17) is 9.47 Å². The lowest BCUT2D eigenvalue weighted by Gasteiger charge is -2.25. The molecule has 0 aromatic heterocycles. The predicted molar refractivity (Wildman–Crippen MR) is 103 cm³/mol. The minimum atomic E-state index is -0.567. The first-order chi connectivity index (χ1) is 12.6. The lowest BCUT2D eigenvalue weighted by molar-refractivity contribution is -0.145. The first-order valence-corrected chi connectivity index (χ1v) is 9.33. The van der Waals surface area contributed by atoms with E-state index in [-0.39, 0.29) is 12.6 Å². The maximum atomic E-state index is 12.2. The van der Waals surface area contributed by atoms with Gasteiger partial charge in [-0.05, 0) is 18.1 Å². The monoisotopic (exact) mass is 361 g/mol. The van der Waals surface area contributed by atoms with Crippen molar-refractivity contribution in [3.8, 4) is 0 Å². The maximum Gasteiger partial charge on any atom is 0.407 e. The van der Waals surface area contributed by atoms with Crippen LogP contribution in [0, 0.1) is 0 Å². The molecule has 0 bridgehead atoms. The number of hydrogen-bond donors (Lipinski definition) is 1. The second-order valence-electron chi connectivity index (χ2n) is 6.33. The first kappa shape index (κ1) is 21.7. The number of amides is 1. The molecular formula is C21H31NO4. The van der Waals surface area contributed by atoms with Gasteiger partial charge in [0.15, 0.2) is 0 Å². The van der Waals surface area contributed by atoms with Crippen molar-refractivity contribution in [1.82, 2.24) is 5.32 Å². The molecule has 1 aromatic rings. The van der Waals surface area contributed by atoms with E-state index in [0.29, 0.717) is 6.42 Å². The molecule has 2 atom stereocenters. The van der Waals surface area contributed by atoms with Crippen LogP contribution in [0.15, 0.2) is 43.0 Å². The molecule has 144 valence electrons. The van der Waals surface area contributed by atoms with Crippen LogP contribution in [0.2, 0.25) is 0 Å². The van der Waals surface area contributed by atoms with Gasteiger partial charge in [0.25, 0.3) is 0 Å². The second-order valence-corrected chi connectivity index (χ2v) is 6.33. The van der Waals surface area contributed by atoms with Crippen LogP contribution in [0.5, 0.6) is 0 Å². The van der Waals surface area contributed by atoms with Crippen molar-refractivity contribution >= 4 is 12.1 Å². The SMILES string of the molecule is C=C[C@@H](OC(C)=O)[C@@H](CCCCCCC)NC(=O)OCc1ccccc1. The molecule has 1 amide bonds. The van der Waals surface area contributed by atoms with Gasteiger partial charge in [-0.1, -0.05) is 75.9 Å². The van der Waals surface area contributed by atoms with Gasteiger partial charge in [-0.15, -0.1) is 0 Å². The fourth-order valence-corrected chi connectivity index (χ4v) is 2.69. The molecule has 0 unspecified atom stereocenters. The Balaban J connectivity index is 2.56. The van der Waals surface area contributed by atoms with Gasteiger partial charge in [-0.2, -0.15) is 0 Å². The van der Waals surface area contributed by atoms with Gasteiger partial charge in [0.1, 0.15) is 12.7 Å². The summed E-state index contributed by atoms with van der Waals surface area (Å²) in [5, 5.41) is 2.82. The topological polar surface area (TPSA) is 64.6 Å². The number of carbonyl (C=O) groups is 2. The summed E-state index contributed by atoms with van der Waals surface area (Å²) in [5.41, 5.74) is 0.916. The highest BCUT2D eigenvalue weighted by atomic mass is 16.6. The third-order valence-corrected chi connectivity index (χ3v) is 4.07. The number of alkyl carbamates (subject to hydrolysis) is 1. The lowest BCUT2D eigenvalue weighted by atomic mass is 10.0. The third kappa shape index (κ3) is 9.25. The molecule has 0 aliphatic heterocycles. The smallest absolute Gasteiger partial charge is 0.407 e. The molecular weight excluding hydrogens is 330 g/mol. The maximum absolute atomic E-state index is 12.2. The van der Waals surface area contributed by atoms with Gasteiger partial charge in [0, 0.05) is 6.92 Å². The fraction of sp³-hybridized carbons (Fsp3) is 0.524. The van der Waals surface area contributed by atoms with E-state index in [1.807, 2.05) is 30.3 Å². The van der Waals surface area contributed by atoms with Crippen molar-refractivity contribution in [2.75, 3.05) is 0 Å². The molecule has 0 heterocycles. The number of benzene rings is 1. The van der Waals surface area contributed by atoms with Crippen molar-refractivity contribution < 1.29 is 19.1 Å². The summed E-state index contributed by atoms with van der Waals surface area (Å²) in [6.07, 6.45) is 6.72. The molecule has 0 radical (unpaired) electrons. The molecule has 1 rings (SSSR count). The molecule has 0 aliphatic carbocycles. The molecule has 0 spiro atoms. The minimum Gasteiger partial charge on any atom is -0.456 e. The Morgan fingerprint density at radius 3 is 2.46 bits per heavy atom. The van der Waals surface area contributed by atoms with Crippen molar-refractivity contribution in [3.63, 3.8) is 0 Å². The summed E-state index contributed by atoms with van der Waals surface area (Å²) in [4.78, 5) is 23.5. The number of unbranched alkanes of at least 4 members (excludes halogenated alkanes) is 4. The number of rotatable bonds is 12. The number of esters is 1. The van der Waals surface area contributed by atoms with Crippen molar-refractivity contribution in [2.45, 2.75) is 71.1 Å². The van der Waals surface area contributed by atoms with Crippen molar-refractivity contribution in [3.05, 3.63) is 48.6 Å². The van der Waals surface area contributed by atoms with Crippen LogP contribution >= 0.6 is 0 Å². The Hall–Kier alpha value is -2.30. The van der Waals surface area contributed by atoms with Crippen LogP contribution < -0.4 is 5.32 Å². The second kappa shape index (κ2) is 13.0. The molecule has 0 aliphatic rings. The van der Waals surface area contributed by atoms with E-state index < -0.39 is 18.2 Å². The zero-order valence-electron chi connectivity index (χ0n) is 15.9. The van der Waals surface area contributed by atoms with Gasteiger partial charge in [-0.3, -0.25) is 4.79 Å². The quantitative estimate of drug-likeness (QED) is 0.331. The highest BCUT2D eigenvalue weighted by molar-refractivity contribution is 5.68. The third-order valence-electron chi connectivity index (χ3n) is 4.07. The van der Waals surface area contributed by atoms with Crippen LogP contribution in [0.4, 0.5) is 4.79 Å². The Morgan fingerprint density at radius 1 is 1.15 bits per heavy atom. The van der Waals surface area contributed by atoms with Gasteiger partial charge in [0.2, 0.25) is 0 Å². The van der Waals surface area contributed by atoms with Gasteiger partial charge in [-0.25, -0.2) is 4.79 Å². The van der Waals surface area contributed by atoms with Crippen LogP contribution in [-0.2, 0) is 20.9 Å². The minimum absolute atomic E-state index is 0.197. The Morgan fingerprint density at radius 2 is 1.85 bits per heavy atom. The lowest BCUT2D eigenvalue weighted by Crippen LogP contribution is -2.44. The van der Waals surface area contributed by atoms with Gasteiger partial charge in [0.05, 0.1) is 6.04 Å². The van der Waals surface area contributed by atoms with Crippen LogP contribution in [0.25, 0.3) is 0 Å². The fourth-order valence-electron chi connectivity index (χ4n) is 2.69. The molecule has 0 saturated carbocycles. The summed E-state index contributed by atoms with van der Waals surface area (Å²) in [6, 6.07) is 9.13. The Labute approximate surface area is 156 Å².